The molecule has 0 saturated carbocycles. The van der Waals surface area contributed by atoms with Crippen LogP contribution in [0.15, 0.2) is 63.9 Å². The van der Waals surface area contributed by atoms with E-state index in [0.717, 1.165) is 17.5 Å². The SMILES string of the molecule is Cc1csc(C(C#N)C(=O)CSc2nc3ccccc3c(=O)n2-c2ccc(C#N)cc2)n1. The number of aromatic nitrogens is 3. The number of benzene rings is 2. The first-order valence-corrected chi connectivity index (χ1v) is 11.4. The van der Waals surface area contributed by atoms with Crippen LogP contribution in [0, 0.1) is 29.6 Å². The van der Waals surface area contributed by atoms with E-state index in [1.165, 1.54) is 15.9 Å². The fourth-order valence-corrected chi connectivity index (χ4v) is 4.89. The van der Waals surface area contributed by atoms with Gasteiger partial charge in [-0.1, -0.05) is 23.9 Å². The van der Waals surface area contributed by atoms with Gasteiger partial charge in [0.2, 0.25) is 0 Å². The molecule has 0 aliphatic rings. The van der Waals surface area contributed by atoms with Crippen LogP contribution < -0.4 is 5.56 Å². The molecule has 0 spiro atoms. The van der Waals surface area contributed by atoms with Gasteiger partial charge < -0.3 is 0 Å². The van der Waals surface area contributed by atoms with Crippen LogP contribution >= 0.6 is 23.1 Å². The van der Waals surface area contributed by atoms with Crippen LogP contribution in [-0.2, 0) is 4.79 Å². The van der Waals surface area contributed by atoms with Crippen molar-refractivity contribution < 1.29 is 4.79 Å². The molecule has 0 aliphatic heterocycles. The van der Waals surface area contributed by atoms with Gasteiger partial charge in [0, 0.05) is 11.1 Å². The Morgan fingerprint density at radius 3 is 2.56 bits per heavy atom. The predicted molar refractivity (Wildman–Crippen MR) is 123 cm³/mol. The summed E-state index contributed by atoms with van der Waals surface area (Å²) in [7, 11) is 0. The van der Waals surface area contributed by atoms with E-state index >= 15 is 0 Å². The minimum Gasteiger partial charge on any atom is -0.297 e. The van der Waals surface area contributed by atoms with Gasteiger partial charge in [0.15, 0.2) is 16.9 Å². The summed E-state index contributed by atoms with van der Waals surface area (Å²) < 4.78 is 1.43. The number of para-hydroxylation sites is 1. The van der Waals surface area contributed by atoms with Gasteiger partial charge in [0.25, 0.3) is 5.56 Å². The summed E-state index contributed by atoms with van der Waals surface area (Å²) in [5.41, 5.74) is 2.01. The van der Waals surface area contributed by atoms with Crippen LogP contribution in [0.1, 0.15) is 22.2 Å². The van der Waals surface area contributed by atoms with Crippen LogP contribution in [0.5, 0.6) is 0 Å². The second kappa shape index (κ2) is 9.15. The second-order valence-electron chi connectivity index (χ2n) is 6.85. The van der Waals surface area contributed by atoms with Gasteiger partial charge in [-0.15, -0.1) is 11.3 Å². The number of thiazole rings is 1. The van der Waals surface area contributed by atoms with E-state index in [-0.39, 0.29) is 17.1 Å². The highest BCUT2D eigenvalue weighted by Crippen LogP contribution is 2.26. The van der Waals surface area contributed by atoms with E-state index in [1.807, 2.05) is 13.0 Å². The standard InChI is InChI=1S/C23H15N5O2S2/c1-14-12-31-21(26-14)18(11-25)20(29)13-32-23-27-19-5-3-2-4-17(19)22(30)28(23)16-8-6-15(10-24)7-9-16/h2-9,12,18H,13H2,1H3. The lowest BCUT2D eigenvalue weighted by molar-refractivity contribution is -0.116. The monoisotopic (exact) mass is 457 g/mol. The normalized spacial score (nSPS) is 11.6. The molecule has 0 bridgehead atoms. The highest BCUT2D eigenvalue weighted by Gasteiger charge is 2.24. The quantitative estimate of drug-likeness (QED) is 0.318. The molecule has 4 rings (SSSR count). The first kappa shape index (κ1) is 21.4. The molecule has 2 heterocycles. The number of hydrogen-bond acceptors (Lipinski definition) is 8. The Hall–Kier alpha value is -3.79. The number of carbonyl (C=O) groups is 1. The Bertz CT molecular complexity index is 1460. The topological polar surface area (TPSA) is 112 Å². The van der Waals surface area contributed by atoms with Crippen molar-refractivity contribution in [2.75, 3.05) is 5.75 Å². The largest absolute Gasteiger partial charge is 0.297 e. The summed E-state index contributed by atoms with van der Waals surface area (Å²) in [4.78, 5) is 34.9. The Labute approximate surface area is 191 Å². The van der Waals surface area contributed by atoms with Crippen molar-refractivity contribution in [1.29, 1.82) is 10.5 Å². The molecule has 0 radical (unpaired) electrons. The van der Waals surface area contributed by atoms with Crippen LogP contribution in [0.25, 0.3) is 16.6 Å². The highest BCUT2D eigenvalue weighted by molar-refractivity contribution is 7.99. The zero-order chi connectivity index (χ0) is 22.7. The number of rotatable bonds is 6. The molecule has 0 aliphatic carbocycles. The molecule has 156 valence electrons. The Balaban J connectivity index is 1.72. The molecular weight excluding hydrogens is 442 g/mol. The van der Waals surface area contributed by atoms with Crippen LogP contribution in [0.4, 0.5) is 0 Å². The third-order valence-corrected chi connectivity index (χ3v) is 6.67. The number of Topliss-reactive ketones (excluding diaryl/α,β-unsaturated/α-hetero) is 1. The molecule has 0 amide bonds. The number of fused-ring (bicyclic) bond motifs is 1. The molecule has 2 aromatic carbocycles. The molecular formula is C23H15N5O2S2. The lowest BCUT2D eigenvalue weighted by Crippen LogP contribution is -2.22. The van der Waals surface area contributed by atoms with E-state index in [4.69, 9.17) is 5.26 Å². The summed E-state index contributed by atoms with van der Waals surface area (Å²) in [6.07, 6.45) is 0. The third kappa shape index (κ3) is 4.17. The van der Waals surface area contributed by atoms with Crippen molar-refractivity contribution >= 4 is 39.8 Å². The van der Waals surface area contributed by atoms with E-state index < -0.39 is 5.92 Å². The maximum atomic E-state index is 13.3. The van der Waals surface area contributed by atoms with Crippen LogP contribution in [-0.4, -0.2) is 26.1 Å². The minimum absolute atomic E-state index is 0.0437. The number of thioether (sulfide) groups is 1. The van der Waals surface area contributed by atoms with E-state index in [0.29, 0.717) is 32.3 Å². The van der Waals surface area contributed by atoms with Crippen molar-refractivity contribution in [2.24, 2.45) is 0 Å². The molecule has 32 heavy (non-hydrogen) atoms. The molecule has 0 N–H and O–H groups in total. The molecule has 1 atom stereocenters. The Morgan fingerprint density at radius 2 is 1.91 bits per heavy atom. The second-order valence-corrected chi connectivity index (χ2v) is 8.69. The number of nitrogens with zero attached hydrogens (tertiary/aromatic N) is 5. The van der Waals surface area contributed by atoms with E-state index in [9.17, 15) is 14.9 Å². The van der Waals surface area contributed by atoms with Gasteiger partial charge in [0.05, 0.1) is 40.0 Å². The van der Waals surface area contributed by atoms with E-state index in [1.54, 1.807) is 53.9 Å². The van der Waals surface area contributed by atoms with Crippen molar-refractivity contribution in [3.8, 4) is 17.8 Å². The fourth-order valence-electron chi connectivity index (χ4n) is 3.11. The first-order valence-electron chi connectivity index (χ1n) is 9.51. The summed E-state index contributed by atoms with van der Waals surface area (Å²) in [6.45, 7) is 1.81. The molecule has 4 aromatic rings. The maximum absolute atomic E-state index is 13.3. The highest BCUT2D eigenvalue weighted by atomic mass is 32.2. The summed E-state index contributed by atoms with van der Waals surface area (Å²) in [5.74, 6) is -1.31. The summed E-state index contributed by atoms with van der Waals surface area (Å²) in [5, 5.41) is 21.6. The summed E-state index contributed by atoms with van der Waals surface area (Å²) in [6, 6.07) is 17.6. The van der Waals surface area contributed by atoms with Gasteiger partial charge in [-0.25, -0.2) is 9.97 Å². The fraction of sp³-hybridized carbons (Fsp3) is 0.130. The van der Waals surface area contributed by atoms with Crippen LogP contribution in [0.3, 0.4) is 0 Å². The van der Waals surface area contributed by atoms with Gasteiger partial charge in [-0.05, 0) is 43.3 Å². The molecule has 2 aromatic heterocycles. The van der Waals surface area contributed by atoms with Crippen molar-refractivity contribution in [2.45, 2.75) is 18.0 Å². The average molecular weight is 458 g/mol. The number of nitriles is 2. The minimum atomic E-state index is -0.961. The molecule has 7 nitrogen and oxygen atoms in total. The number of ketones is 1. The maximum Gasteiger partial charge on any atom is 0.266 e. The predicted octanol–water partition coefficient (Wildman–Crippen LogP) is 3.99. The lowest BCUT2D eigenvalue weighted by Gasteiger charge is -2.13. The molecule has 1 unspecified atom stereocenters. The van der Waals surface area contributed by atoms with Crippen LogP contribution in [0.2, 0.25) is 0 Å². The molecule has 9 heteroatoms. The molecule has 0 saturated heterocycles. The first-order chi connectivity index (χ1) is 15.5. The smallest absolute Gasteiger partial charge is 0.266 e. The van der Waals surface area contributed by atoms with Gasteiger partial charge in [-0.3, -0.25) is 14.2 Å². The van der Waals surface area contributed by atoms with Gasteiger partial charge in [-0.2, -0.15) is 10.5 Å². The number of hydrogen-bond donors (Lipinski definition) is 0. The third-order valence-electron chi connectivity index (χ3n) is 4.68. The Morgan fingerprint density at radius 1 is 1.16 bits per heavy atom. The van der Waals surface area contributed by atoms with Gasteiger partial charge >= 0.3 is 0 Å². The number of aryl methyl sites for hydroxylation is 1. The Kier molecular flexibility index (Phi) is 6.13. The molecule has 0 fully saturated rings. The van der Waals surface area contributed by atoms with Crippen molar-refractivity contribution in [3.05, 3.63) is 80.5 Å². The number of carbonyl (C=O) groups excluding carboxylic acids is 1. The van der Waals surface area contributed by atoms with Crippen molar-refractivity contribution in [3.63, 3.8) is 0 Å². The lowest BCUT2D eigenvalue weighted by atomic mass is 10.1. The van der Waals surface area contributed by atoms with Gasteiger partial charge in [0.1, 0.15) is 5.01 Å². The van der Waals surface area contributed by atoms with Crippen molar-refractivity contribution in [1.82, 2.24) is 14.5 Å². The zero-order valence-corrected chi connectivity index (χ0v) is 18.5. The van der Waals surface area contributed by atoms with E-state index in [2.05, 4.69) is 16.0 Å². The zero-order valence-electron chi connectivity index (χ0n) is 16.8. The summed E-state index contributed by atoms with van der Waals surface area (Å²) >= 11 is 2.38. The average Bonchev–Trinajstić information content (AvgIpc) is 3.24.